The number of hydrogen-bond acceptors (Lipinski definition) is 4. The van der Waals surface area contributed by atoms with Gasteiger partial charge in [0.05, 0.1) is 20.6 Å². The van der Waals surface area contributed by atoms with Gasteiger partial charge < -0.3 is 14.8 Å². The molecule has 0 aromatic heterocycles. The minimum atomic E-state index is -0.356. The second-order valence-corrected chi connectivity index (χ2v) is 4.58. The van der Waals surface area contributed by atoms with Crippen molar-refractivity contribution in [2.24, 2.45) is 0 Å². The van der Waals surface area contributed by atoms with Gasteiger partial charge in [-0.15, -0.1) is 0 Å². The van der Waals surface area contributed by atoms with E-state index in [4.69, 9.17) is 9.47 Å². The number of anilines is 1. The lowest BCUT2D eigenvalue weighted by Gasteiger charge is -2.09. The third-order valence-electron chi connectivity index (χ3n) is 3.08. The Morgan fingerprint density at radius 2 is 1.64 bits per heavy atom. The summed E-state index contributed by atoms with van der Waals surface area (Å²) in [5.41, 5.74) is 1.06. The van der Waals surface area contributed by atoms with Crippen LogP contribution in [-0.2, 0) is 4.79 Å². The minimum absolute atomic E-state index is 0.232. The molecule has 2 aromatic carbocycles. The van der Waals surface area contributed by atoms with E-state index in [0.29, 0.717) is 22.7 Å². The number of benzene rings is 2. The standard InChI is InChI=1S/C17H17NO4/c1-21-15-9-8-12(10-16(15)22-2)14(19)11-17(20)18-13-6-4-3-5-7-13/h3-10H,11H2,1-2H3,(H,18,20). The molecule has 0 spiro atoms. The Morgan fingerprint density at radius 3 is 2.27 bits per heavy atom. The first-order valence-corrected chi connectivity index (χ1v) is 6.74. The van der Waals surface area contributed by atoms with Crippen molar-refractivity contribution < 1.29 is 19.1 Å². The Labute approximate surface area is 128 Å². The van der Waals surface area contributed by atoms with Gasteiger partial charge in [0.15, 0.2) is 17.3 Å². The summed E-state index contributed by atoms with van der Waals surface area (Å²) in [4.78, 5) is 24.0. The maximum atomic E-state index is 12.2. The van der Waals surface area contributed by atoms with Gasteiger partial charge in [0.1, 0.15) is 0 Å². The fourth-order valence-electron chi connectivity index (χ4n) is 1.98. The molecule has 1 amide bonds. The lowest BCUT2D eigenvalue weighted by atomic mass is 10.1. The van der Waals surface area contributed by atoms with Gasteiger partial charge in [-0.25, -0.2) is 0 Å². The molecule has 2 aromatic rings. The van der Waals surface area contributed by atoms with Gasteiger partial charge in [-0.2, -0.15) is 0 Å². The summed E-state index contributed by atoms with van der Waals surface area (Å²) in [5, 5.41) is 2.68. The molecule has 5 heteroatoms. The van der Waals surface area contributed by atoms with Gasteiger partial charge in [-0.1, -0.05) is 18.2 Å². The summed E-state index contributed by atoms with van der Waals surface area (Å²) < 4.78 is 10.3. The molecule has 0 saturated heterocycles. The van der Waals surface area contributed by atoms with E-state index in [9.17, 15) is 9.59 Å². The average Bonchev–Trinajstić information content (AvgIpc) is 2.54. The van der Waals surface area contributed by atoms with Crippen LogP contribution >= 0.6 is 0 Å². The van der Waals surface area contributed by atoms with Crippen molar-refractivity contribution in [2.75, 3.05) is 19.5 Å². The van der Waals surface area contributed by atoms with Gasteiger partial charge in [0.2, 0.25) is 5.91 Å². The number of Topliss-reactive ketones (excluding diaryl/α,β-unsaturated/α-hetero) is 1. The predicted molar refractivity (Wildman–Crippen MR) is 83.6 cm³/mol. The molecule has 0 radical (unpaired) electrons. The quantitative estimate of drug-likeness (QED) is 0.658. The largest absolute Gasteiger partial charge is 0.493 e. The number of nitrogens with one attached hydrogen (secondary N) is 1. The topological polar surface area (TPSA) is 64.6 Å². The summed E-state index contributed by atoms with van der Waals surface area (Å²) in [6, 6.07) is 13.8. The Balaban J connectivity index is 2.04. The van der Waals surface area contributed by atoms with Crippen molar-refractivity contribution in [1.82, 2.24) is 0 Å². The van der Waals surface area contributed by atoms with Crippen LogP contribution in [0, 0.1) is 0 Å². The molecular weight excluding hydrogens is 282 g/mol. The fraction of sp³-hybridized carbons (Fsp3) is 0.176. The molecule has 0 heterocycles. The lowest BCUT2D eigenvalue weighted by Crippen LogP contribution is -2.16. The predicted octanol–water partition coefficient (Wildman–Crippen LogP) is 2.92. The van der Waals surface area contributed by atoms with Crippen LogP contribution in [0.1, 0.15) is 16.8 Å². The Hall–Kier alpha value is -2.82. The second-order valence-electron chi connectivity index (χ2n) is 4.58. The van der Waals surface area contributed by atoms with Crippen LogP contribution in [0.25, 0.3) is 0 Å². The van der Waals surface area contributed by atoms with Crippen LogP contribution < -0.4 is 14.8 Å². The highest BCUT2D eigenvalue weighted by atomic mass is 16.5. The normalized spacial score (nSPS) is 9.91. The van der Waals surface area contributed by atoms with Crippen molar-refractivity contribution in [3.63, 3.8) is 0 Å². The first kappa shape index (κ1) is 15.6. The monoisotopic (exact) mass is 299 g/mol. The van der Waals surface area contributed by atoms with Crippen molar-refractivity contribution >= 4 is 17.4 Å². The molecule has 0 aliphatic heterocycles. The fourth-order valence-corrected chi connectivity index (χ4v) is 1.98. The van der Waals surface area contributed by atoms with Gasteiger partial charge in [0.25, 0.3) is 0 Å². The van der Waals surface area contributed by atoms with Crippen LogP contribution in [0.15, 0.2) is 48.5 Å². The van der Waals surface area contributed by atoms with Crippen molar-refractivity contribution in [1.29, 1.82) is 0 Å². The van der Waals surface area contributed by atoms with E-state index in [0.717, 1.165) is 0 Å². The highest BCUT2D eigenvalue weighted by molar-refractivity contribution is 6.11. The maximum absolute atomic E-state index is 12.2. The number of ketones is 1. The number of methoxy groups -OCH3 is 2. The average molecular weight is 299 g/mol. The first-order chi connectivity index (χ1) is 10.6. The number of ether oxygens (including phenoxy) is 2. The van der Waals surface area contributed by atoms with Gasteiger partial charge >= 0.3 is 0 Å². The molecule has 5 nitrogen and oxygen atoms in total. The van der Waals surface area contributed by atoms with E-state index in [1.165, 1.54) is 14.2 Å². The zero-order valence-electron chi connectivity index (χ0n) is 12.5. The molecule has 0 aliphatic rings. The molecule has 22 heavy (non-hydrogen) atoms. The number of carbonyl (C=O) groups is 2. The summed E-state index contributed by atoms with van der Waals surface area (Å²) in [7, 11) is 3.01. The van der Waals surface area contributed by atoms with Crippen molar-refractivity contribution in [3.05, 3.63) is 54.1 Å². The maximum Gasteiger partial charge on any atom is 0.232 e. The van der Waals surface area contributed by atoms with E-state index >= 15 is 0 Å². The van der Waals surface area contributed by atoms with E-state index in [1.54, 1.807) is 30.3 Å². The van der Waals surface area contributed by atoms with Crippen molar-refractivity contribution in [3.8, 4) is 11.5 Å². The second kappa shape index (κ2) is 7.26. The first-order valence-electron chi connectivity index (χ1n) is 6.74. The number of rotatable bonds is 6. The molecule has 0 atom stereocenters. The highest BCUT2D eigenvalue weighted by Gasteiger charge is 2.14. The molecule has 0 bridgehead atoms. The van der Waals surface area contributed by atoms with E-state index < -0.39 is 0 Å². The van der Waals surface area contributed by atoms with E-state index in [1.807, 2.05) is 18.2 Å². The smallest absolute Gasteiger partial charge is 0.232 e. The van der Waals surface area contributed by atoms with Crippen molar-refractivity contribution in [2.45, 2.75) is 6.42 Å². The van der Waals surface area contributed by atoms with Gasteiger partial charge in [-0.05, 0) is 30.3 Å². The Kier molecular flexibility index (Phi) is 5.14. The number of carbonyl (C=O) groups excluding carboxylic acids is 2. The number of amides is 1. The Morgan fingerprint density at radius 1 is 0.955 bits per heavy atom. The molecule has 0 aliphatic carbocycles. The summed E-state index contributed by atoms with van der Waals surface area (Å²) in [6.07, 6.45) is -0.232. The van der Waals surface area contributed by atoms with Crippen LogP contribution in [0.5, 0.6) is 11.5 Å². The SMILES string of the molecule is COc1ccc(C(=O)CC(=O)Nc2ccccc2)cc1OC. The molecule has 114 valence electrons. The van der Waals surface area contributed by atoms with Crippen LogP contribution in [-0.4, -0.2) is 25.9 Å². The van der Waals surface area contributed by atoms with E-state index in [2.05, 4.69) is 5.32 Å². The molecule has 2 rings (SSSR count). The number of para-hydroxylation sites is 1. The molecule has 0 fully saturated rings. The molecule has 0 saturated carbocycles. The number of hydrogen-bond donors (Lipinski definition) is 1. The zero-order valence-corrected chi connectivity index (χ0v) is 12.5. The molecular formula is C17H17NO4. The van der Waals surface area contributed by atoms with Crippen LogP contribution in [0.2, 0.25) is 0 Å². The zero-order chi connectivity index (χ0) is 15.9. The van der Waals surface area contributed by atoms with Gasteiger partial charge in [-0.3, -0.25) is 9.59 Å². The summed E-state index contributed by atoms with van der Waals surface area (Å²) in [6.45, 7) is 0. The summed E-state index contributed by atoms with van der Waals surface area (Å²) >= 11 is 0. The lowest BCUT2D eigenvalue weighted by molar-refractivity contribution is -0.115. The Bertz CT molecular complexity index is 668. The van der Waals surface area contributed by atoms with Gasteiger partial charge in [0, 0.05) is 11.3 Å². The van der Waals surface area contributed by atoms with E-state index in [-0.39, 0.29) is 18.1 Å². The third-order valence-corrected chi connectivity index (χ3v) is 3.08. The van der Waals surface area contributed by atoms with Crippen LogP contribution in [0.4, 0.5) is 5.69 Å². The summed E-state index contributed by atoms with van der Waals surface area (Å²) in [5.74, 6) is 0.352. The third kappa shape index (κ3) is 3.85. The molecule has 1 N–H and O–H groups in total. The highest BCUT2D eigenvalue weighted by Crippen LogP contribution is 2.28. The minimum Gasteiger partial charge on any atom is -0.493 e. The molecule has 0 unspecified atom stereocenters. The van der Waals surface area contributed by atoms with Crippen LogP contribution in [0.3, 0.4) is 0 Å².